The molecule has 106 valence electrons. The summed E-state index contributed by atoms with van der Waals surface area (Å²) in [6.07, 6.45) is 1.60. The number of fused-ring (bicyclic) bond motifs is 1. The van der Waals surface area contributed by atoms with Crippen molar-refractivity contribution in [2.24, 2.45) is 0 Å². The lowest BCUT2D eigenvalue weighted by Crippen LogP contribution is -2.36. The smallest absolute Gasteiger partial charge is 0.325 e. The van der Waals surface area contributed by atoms with Crippen LogP contribution in [0.15, 0.2) is 30.2 Å². The van der Waals surface area contributed by atoms with E-state index in [1.165, 1.54) is 16.2 Å². The van der Waals surface area contributed by atoms with Gasteiger partial charge in [0, 0.05) is 15.9 Å². The molecule has 6 heteroatoms. The van der Waals surface area contributed by atoms with Crippen LogP contribution in [-0.4, -0.2) is 36.5 Å². The second kappa shape index (κ2) is 6.67. The maximum absolute atomic E-state index is 12.4. The van der Waals surface area contributed by atoms with Gasteiger partial charge < -0.3 is 9.64 Å². The molecule has 4 nitrogen and oxygen atoms in total. The predicted octanol–water partition coefficient (Wildman–Crippen LogP) is 3.15. The lowest BCUT2D eigenvalue weighted by atomic mass is 10.3. The van der Waals surface area contributed by atoms with E-state index in [0.29, 0.717) is 18.0 Å². The Morgan fingerprint density at radius 2 is 2.25 bits per heavy atom. The van der Waals surface area contributed by atoms with Crippen LogP contribution in [-0.2, 0) is 9.53 Å². The standard InChI is InChI=1S/C14H15NO3S2/c1-3-6-15(9-13(16)18-4-2)14(17)12-8-11-10(20-12)5-7-19-11/h3,5,7-8H,1,4,6,9H2,2H3. The molecule has 0 saturated carbocycles. The number of esters is 1. The van der Waals surface area contributed by atoms with Crippen molar-refractivity contribution in [1.82, 2.24) is 4.90 Å². The van der Waals surface area contributed by atoms with Crippen molar-refractivity contribution in [2.45, 2.75) is 6.92 Å². The van der Waals surface area contributed by atoms with Gasteiger partial charge in [0.1, 0.15) is 6.54 Å². The van der Waals surface area contributed by atoms with Crippen molar-refractivity contribution in [2.75, 3.05) is 19.7 Å². The van der Waals surface area contributed by atoms with Gasteiger partial charge in [0.2, 0.25) is 0 Å². The van der Waals surface area contributed by atoms with E-state index in [2.05, 4.69) is 6.58 Å². The van der Waals surface area contributed by atoms with E-state index in [9.17, 15) is 9.59 Å². The zero-order valence-corrected chi connectivity index (χ0v) is 12.8. The Labute approximate surface area is 125 Å². The molecule has 0 radical (unpaired) electrons. The van der Waals surface area contributed by atoms with Crippen molar-refractivity contribution in [3.05, 3.63) is 35.0 Å². The summed E-state index contributed by atoms with van der Waals surface area (Å²) in [7, 11) is 0. The molecule has 2 rings (SSSR count). The first-order valence-electron chi connectivity index (χ1n) is 6.18. The largest absolute Gasteiger partial charge is 0.465 e. The fourth-order valence-corrected chi connectivity index (χ4v) is 3.84. The molecule has 0 unspecified atom stereocenters. The Kier molecular flexibility index (Phi) is 4.92. The van der Waals surface area contributed by atoms with Crippen LogP contribution in [0.4, 0.5) is 0 Å². The zero-order chi connectivity index (χ0) is 14.5. The van der Waals surface area contributed by atoms with Gasteiger partial charge in [-0.1, -0.05) is 6.08 Å². The van der Waals surface area contributed by atoms with Crippen molar-refractivity contribution >= 4 is 43.9 Å². The molecular formula is C14H15NO3S2. The molecule has 0 aliphatic rings. The Morgan fingerprint density at radius 3 is 2.90 bits per heavy atom. The molecule has 2 aromatic rings. The quantitative estimate of drug-likeness (QED) is 0.608. The number of hydrogen-bond acceptors (Lipinski definition) is 5. The van der Waals surface area contributed by atoms with Crippen molar-refractivity contribution in [3.8, 4) is 0 Å². The van der Waals surface area contributed by atoms with Gasteiger partial charge in [-0.3, -0.25) is 9.59 Å². The van der Waals surface area contributed by atoms with Crippen LogP contribution in [0.1, 0.15) is 16.6 Å². The maximum Gasteiger partial charge on any atom is 0.325 e. The highest BCUT2D eigenvalue weighted by atomic mass is 32.1. The highest BCUT2D eigenvalue weighted by Gasteiger charge is 2.20. The van der Waals surface area contributed by atoms with E-state index in [-0.39, 0.29) is 12.5 Å². The van der Waals surface area contributed by atoms with Crippen LogP contribution in [0.25, 0.3) is 9.40 Å². The lowest BCUT2D eigenvalue weighted by Gasteiger charge is -2.19. The summed E-state index contributed by atoms with van der Waals surface area (Å²) in [6, 6.07) is 3.86. The van der Waals surface area contributed by atoms with Crippen molar-refractivity contribution < 1.29 is 14.3 Å². The van der Waals surface area contributed by atoms with Crippen LogP contribution in [0.3, 0.4) is 0 Å². The molecular weight excluding hydrogens is 294 g/mol. The maximum atomic E-state index is 12.4. The summed E-state index contributed by atoms with van der Waals surface area (Å²) < 4.78 is 7.07. The zero-order valence-electron chi connectivity index (χ0n) is 11.1. The van der Waals surface area contributed by atoms with Gasteiger partial charge in [0.15, 0.2) is 0 Å². The number of thiophene rings is 2. The normalized spacial score (nSPS) is 10.4. The third-order valence-electron chi connectivity index (χ3n) is 2.61. The third-order valence-corrected chi connectivity index (χ3v) is 4.69. The summed E-state index contributed by atoms with van der Waals surface area (Å²) >= 11 is 3.04. The van der Waals surface area contributed by atoms with Crippen LogP contribution >= 0.6 is 22.7 Å². The first kappa shape index (κ1) is 14.7. The topological polar surface area (TPSA) is 46.6 Å². The number of ether oxygens (including phenoxy) is 1. The third kappa shape index (κ3) is 3.26. The van der Waals surface area contributed by atoms with Gasteiger partial charge in [-0.25, -0.2) is 0 Å². The molecule has 0 bridgehead atoms. The Morgan fingerprint density at radius 1 is 1.45 bits per heavy atom. The monoisotopic (exact) mass is 309 g/mol. The van der Waals surface area contributed by atoms with E-state index >= 15 is 0 Å². The van der Waals surface area contributed by atoms with Crippen LogP contribution < -0.4 is 0 Å². The number of carbonyl (C=O) groups excluding carboxylic acids is 2. The Bertz CT molecular complexity index is 601. The van der Waals surface area contributed by atoms with Gasteiger partial charge in [-0.2, -0.15) is 0 Å². The van der Waals surface area contributed by atoms with Gasteiger partial charge in [0.25, 0.3) is 5.91 Å². The number of rotatable bonds is 6. The van der Waals surface area contributed by atoms with E-state index in [4.69, 9.17) is 4.74 Å². The minimum atomic E-state index is -0.402. The first-order chi connectivity index (χ1) is 9.65. The average Bonchev–Trinajstić information content (AvgIpc) is 2.98. The van der Waals surface area contributed by atoms with E-state index in [1.807, 2.05) is 17.5 Å². The van der Waals surface area contributed by atoms with E-state index in [0.717, 1.165) is 9.40 Å². The number of hydrogen-bond donors (Lipinski definition) is 0. The molecule has 0 saturated heterocycles. The molecule has 2 heterocycles. The molecule has 0 aliphatic heterocycles. The molecule has 0 aromatic carbocycles. The fourth-order valence-electron chi connectivity index (χ4n) is 1.76. The summed E-state index contributed by atoms with van der Waals surface area (Å²) in [6.45, 7) is 5.94. The summed E-state index contributed by atoms with van der Waals surface area (Å²) in [5, 5.41) is 2.00. The molecule has 0 aliphatic carbocycles. The van der Waals surface area contributed by atoms with Crippen LogP contribution in [0.5, 0.6) is 0 Å². The van der Waals surface area contributed by atoms with E-state index in [1.54, 1.807) is 24.3 Å². The van der Waals surface area contributed by atoms with Crippen molar-refractivity contribution in [3.63, 3.8) is 0 Å². The molecule has 1 amide bonds. The molecule has 0 atom stereocenters. The van der Waals surface area contributed by atoms with Gasteiger partial charge in [0.05, 0.1) is 11.5 Å². The lowest BCUT2D eigenvalue weighted by molar-refractivity contribution is -0.143. The SMILES string of the molecule is C=CCN(CC(=O)OCC)C(=O)c1cc2sccc2s1. The average molecular weight is 309 g/mol. The molecule has 2 aromatic heterocycles. The minimum absolute atomic E-state index is 0.0513. The number of amides is 1. The van der Waals surface area contributed by atoms with Crippen molar-refractivity contribution in [1.29, 1.82) is 0 Å². The van der Waals surface area contributed by atoms with Crippen LogP contribution in [0.2, 0.25) is 0 Å². The molecule has 0 spiro atoms. The highest BCUT2D eigenvalue weighted by Crippen LogP contribution is 2.30. The second-order valence-electron chi connectivity index (χ2n) is 4.04. The second-order valence-corrected chi connectivity index (χ2v) is 6.07. The summed E-state index contributed by atoms with van der Waals surface area (Å²) in [5.74, 6) is -0.563. The van der Waals surface area contributed by atoms with Gasteiger partial charge in [-0.15, -0.1) is 29.3 Å². The number of nitrogens with zero attached hydrogens (tertiary/aromatic N) is 1. The number of carbonyl (C=O) groups is 2. The molecule has 20 heavy (non-hydrogen) atoms. The van der Waals surface area contributed by atoms with Gasteiger partial charge in [-0.05, 0) is 24.4 Å². The Hall–Kier alpha value is -1.66. The predicted molar refractivity (Wildman–Crippen MR) is 82.4 cm³/mol. The van der Waals surface area contributed by atoms with Gasteiger partial charge >= 0.3 is 5.97 Å². The van der Waals surface area contributed by atoms with E-state index < -0.39 is 5.97 Å². The molecule has 0 fully saturated rings. The minimum Gasteiger partial charge on any atom is -0.465 e. The summed E-state index contributed by atoms with van der Waals surface area (Å²) in [5.41, 5.74) is 0. The first-order valence-corrected chi connectivity index (χ1v) is 7.88. The van der Waals surface area contributed by atoms with Crippen LogP contribution in [0, 0.1) is 0 Å². The molecule has 0 N–H and O–H groups in total. The highest BCUT2D eigenvalue weighted by molar-refractivity contribution is 7.27. The summed E-state index contributed by atoms with van der Waals surface area (Å²) in [4.78, 5) is 26.1. The fraction of sp³-hybridized carbons (Fsp3) is 0.286. The Balaban J connectivity index is 2.15.